The Labute approximate surface area is 124 Å². The lowest BCUT2D eigenvalue weighted by Gasteiger charge is -2.23. The first-order valence-corrected chi connectivity index (χ1v) is 7.09. The van der Waals surface area contributed by atoms with Gasteiger partial charge in [-0.15, -0.1) is 0 Å². The second-order valence-electron chi connectivity index (χ2n) is 4.95. The van der Waals surface area contributed by atoms with E-state index in [1.807, 2.05) is 17.9 Å². The van der Waals surface area contributed by atoms with E-state index < -0.39 is 10.9 Å². The lowest BCUT2D eigenvalue weighted by atomic mass is 10.0. The van der Waals surface area contributed by atoms with E-state index in [1.165, 1.54) is 6.07 Å². The van der Waals surface area contributed by atoms with Crippen LogP contribution >= 0.6 is 15.9 Å². The van der Waals surface area contributed by atoms with E-state index >= 15 is 0 Å². The van der Waals surface area contributed by atoms with Gasteiger partial charge in [0.05, 0.1) is 15.3 Å². The van der Waals surface area contributed by atoms with E-state index in [1.54, 1.807) is 6.07 Å². The Kier molecular flexibility index (Phi) is 4.39. The zero-order valence-electron chi connectivity index (χ0n) is 11.0. The Morgan fingerprint density at radius 2 is 2.30 bits per heavy atom. The highest BCUT2D eigenvalue weighted by molar-refractivity contribution is 9.10. The van der Waals surface area contributed by atoms with Gasteiger partial charge < -0.3 is 5.11 Å². The number of nitro groups is 1. The van der Waals surface area contributed by atoms with Gasteiger partial charge in [-0.1, -0.05) is 12.1 Å². The van der Waals surface area contributed by atoms with Crippen molar-refractivity contribution in [3.8, 4) is 0 Å². The Balaban J connectivity index is 2.17. The number of rotatable bonds is 4. The highest BCUT2D eigenvalue weighted by Gasteiger charge is 2.35. The number of carboxylic acid groups (broad SMARTS) is 1. The van der Waals surface area contributed by atoms with Crippen LogP contribution in [-0.2, 0) is 11.3 Å². The number of nitro benzene ring substituents is 1. The van der Waals surface area contributed by atoms with Crippen LogP contribution in [0.2, 0.25) is 0 Å². The van der Waals surface area contributed by atoms with Gasteiger partial charge in [0.2, 0.25) is 0 Å². The quantitative estimate of drug-likeness (QED) is 0.671. The largest absolute Gasteiger partial charge is 0.481 e. The molecule has 2 rings (SSSR count). The van der Waals surface area contributed by atoms with Crippen LogP contribution in [0.3, 0.4) is 0 Å². The van der Waals surface area contributed by atoms with Gasteiger partial charge in [-0.2, -0.15) is 0 Å². The van der Waals surface area contributed by atoms with E-state index in [4.69, 9.17) is 5.11 Å². The van der Waals surface area contributed by atoms with Gasteiger partial charge >= 0.3 is 5.97 Å². The highest BCUT2D eigenvalue weighted by atomic mass is 79.9. The van der Waals surface area contributed by atoms with Crippen LogP contribution in [0, 0.1) is 16.0 Å². The molecule has 1 aliphatic heterocycles. The summed E-state index contributed by atoms with van der Waals surface area (Å²) >= 11 is 3.27. The first-order valence-electron chi connectivity index (χ1n) is 6.30. The molecule has 1 saturated heterocycles. The molecule has 0 aliphatic carbocycles. The molecule has 0 bridgehead atoms. The van der Waals surface area contributed by atoms with Crippen LogP contribution in [0.4, 0.5) is 5.69 Å². The van der Waals surface area contributed by atoms with Crippen LogP contribution in [0.5, 0.6) is 0 Å². The molecular weight excluding hydrogens is 328 g/mol. The molecule has 0 radical (unpaired) electrons. The minimum absolute atomic E-state index is 0.0316. The fourth-order valence-electron chi connectivity index (χ4n) is 2.61. The van der Waals surface area contributed by atoms with E-state index in [0.717, 1.165) is 5.56 Å². The van der Waals surface area contributed by atoms with Crippen LogP contribution in [0.1, 0.15) is 18.9 Å². The maximum atomic E-state index is 11.1. The van der Waals surface area contributed by atoms with Crippen molar-refractivity contribution in [1.29, 1.82) is 0 Å². The van der Waals surface area contributed by atoms with Gasteiger partial charge in [-0.05, 0) is 41.4 Å². The molecule has 1 aliphatic rings. The molecule has 7 heteroatoms. The topological polar surface area (TPSA) is 83.7 Å². The van der Waals surface area contributed by atoms with Crippen molar-refractivity contribution in [2.75, 3.05) is 6.54 Å². The molecule has 1 N–H and O–H groups in total. The van der Waals surface area contributed by atoms with E-state index in [0.29, 0.717) is 24.0 Å². The summed E-state index contributed by atoms with van der Waals surface area (Å²) in [7, 11) is 0. The van der Waals surface area contributed by atoms with Crippen molar-refractivity contribution >= 4 is 27.6 Å². The normalized spacial score (nSPS) is 22.9. The summed E-state index contributed by atoms with van der Waals surface area (Å²) in [4.78, 5) is 23.6. The number of nitrogens with zero attached hydrogens (tertiary/aromatic N) is 2. The second-order valence-corrected chi connectivity index (χ2v) is 5.74. The number of hydrogen-bond acceptors (Lipinski definition) is 4. The summed E-state index contributed by atoms with van der Waals surface area (Å²) < 4.78 is 0.468. The summed E-state index contributed by atoms with van der Waals surface area (Å²) in [6.07, 6.45) is 0.614. The second kappa shape index (κ2) is 5.88. The molecule has 0 aromatic heterocycles. The average Bonchev–Trinajstić information content (AvgIpc) is 2.73. The zero-order chi connectivity index (χ0) is 14.9. The number of benzene rings is 1. The minimum Gasteiger partial charge on any atom is -0.481 e. The third kappa shape index (κ3) is 2.83. The van der Waals surface area contributed by atoms with Crippen LogP contribution in [-0.4, -0.2) is 33.5 Å². The molecule has 1 aromatic carbocycles. The molecule has 20 heavy (non-hydrogen) atoms. The summed E-state index contributed by atoms with van der Waals surface area (Å²) in [6, 6.07) is 4.84. The van der Waals surface area contributed by atoms with Gasteiger partial charge in [0, 0.05) is 18.7 Å². The molecule has 0 saturated carbocycles. The smallest absolute Gasteiger partial charge is 0.308 e. The maximum absolute atomic E-state index is 11.1. The summed E-state index contributed by atoms with van der Waals surface area (Å²) in [5, 5.41) is 20.0. The molecule has 1 heterocycles. The van der Waals surface area contributed by atoms with Crippen LogP contribution in [0.25, 0.3) is 0 Å². The van der Waals surface area contributed by atoms with Crippen molar-refractivity contribution in [3.63, 3.8) is 0 Å². The van der Waals surface area contributed by atoms with Gasteiger partial charge in [0.15, 0.2) is 0 Å². The van der Waals surface area contributed by atoms with Crippen molar-refractivity contribution in [1.82, 2.24) is 4.90 Å². The Hall–Kier alpha value is -1.47. The number of likely N-dealkylation sites (tertiary alicyclic amines) is 1. The Morgan fingerprint density at radius 3 is 2.85 bits per heavy atom. The van der Waals surface area contributed by atoms with Gasteiger partial charge in [-0.3, -0.25) is 19.8 Å². The van der Waals surface area contributed by atoms with Crippen molar-refractivity contribution < 1.29 is 14.8 Å². The van der Waals surface area contributed by atoms with E-state index in [-0.39, 0.29) is 17.6 Å². The van der Waals surface area contributed by atoms with Crippen molar-refractivity contribution in [2.24, 2.45) is 5.92 Å². The fourth-order valence-corrected chi connectivity index (χ4v) is 3.14. The van der Waals surface area contributed by atoms with Crippen LogP contribution < -0.4 is 0 Å². The number of halogens is 1. The molecule has 1 fully saturated rings. The van der Waals surface area contributed by atoms with Gasteiger partial charge in [-0.25, -0.2) is 0 Å². The lowest BCUT2D eigenvalue weighted by Crippen LogP contribution is -2.32. The third-order valence-corrected chi connectivity index (χ3v) is 4.75. The SMILES string of the molecule is CC1C(C(=O)O)CCN1Cc1cccc([N+](=O)[O-])c1Br. The average molecular weight is 343 g/mol. The van der Waals surface area contributed by atoms with Gasteiger partial charge in [0.25, 0.3) is 5.69 Å². The number of carbonyl (C=O) groups is 1. The van der Waals surface area contributed by atoms with E-state index in [9.17, 15) is 14.9 Å². The highest BCUT2D eigenvalue weighted by Crippen LogP contribution is 2.32. The monoisotopic (exact) mass is 342 g/mol. The number of carboxylic acids is 1. The molecule has 6 nitrogen and oxygen atoms in total. The first-order chi connectivity index (χ1) is 9.41. The summed E-state index contributed by atoms with van der Waals surface area (Å²) in [5.74, 6) is -1.15. The molecule has 2 unspecified atom stereocenters. The predicted molar refractivity (Wildman–Crippen MR) is 76.4 cm³/mol. The Bertz CT molecular complexity index is 549. The molecule has 108 valence electrons. The summed E-state index contributed by atoms with van der Waals surface area (Å²) in [5.41, 5.74) is 0.834. The fraction of sp³-hybridized carbons (Fsp3) is 0.462. The Morgan fingerprint density at radius 1 is 1.60 bits per heavy atom. The molecular formula is C13H15BrN2O4. The van der Waals surface area contributed by atoms with Crippen LogP contribution in [0.15, 0.2) is 22.7 Å². The number of aliphatic carboxylic acids is 1. The molecule has 2 atom stereocenters. The third-order valence-electron chi connectivity index (χ3n) is 3.83. The summed E-state index contributed by atoms with van der Waals surface area (Å²) in [6.45, 7) is 3.08. The van der Waals surface area contributed by atoms with Crippen molar-refractivity contribution in [3.05, 3.63) is 38.3 Å². The van der Waals surface area contributed by atoms with Gasteiger partial charge in [0.1, 0.15) is 0 Å². The van der Waals surface area contributed by atoms with E-state index in [2.05, 4.69) is 15.9 Å². The predicted octanol–water partition coefficient (Wildman–Crippen LogP) is 2.65. The maximum Gasteiger partial charge on any atom is 0.308 e. The zero-order valence-corrected chi connectivity index (χ0v) is 12.5. The minimum atomic E-state index is -0.780. The molecule has 1 aromatic rings. The standard InChI is InChI=1S/C13H15BrN2O4/c1-8-10(13(17)18)5-6-15(8)7-9-3-2-4-11(12(9)14)16(19)20/h2-4,8,10H,5-7H2,1H3,(H,17,18). The van der Waals surface area contributed by atoms with Crippen molar-refractivity contribution in [2.45, 2.75) is 25.9 Å². The molecule has 0 spiro atoms. The molecule has 0 amide bonds. The first kappa shape index (κ1) is 14.9. The number of hydrogen-bond donors (Lipinski definition) is 1. The lowest BCUT2D eigenvalue weighted by molar-refractivity contribution is -0.385.